The van der Waals surface area contributed by atoms with Crippen molar-refractivity contribution in [3.63, 3.8) is 0 Å². The van der Waals surface area contributed by atoms with E-state index < -0.39 is 0 Å². The number of fused-ring (bicyclic) bond motifs is 1. The number of carbonyl (C=O) groups excluding carboxylic acids is 2. The molecule has 0 saturated carbocycles. The molecule has 2 amide bonds. The number of anilines is 1. The first-order valence-electron chi connectivity index (χ1n) is 9.24. The van der Waals surface area contributed by atoms with Gasteiger partial charge in [-0.1, -0.05) is 18.2 Å². The number of aromatic nitrogens is 1. The maximum atomic E-state index is 12.4. The van der Waals surface area contributed by atoms with Crippen molar-refractivity contribution in [2.75, 3.05) is 19.0 Å². The zero-order valence-electron chi connectivity index (χ0n) is 16.2. The maximum Gasteiger partial charge on any atom is 0.291 e. The summed E-state index contributed by atoms with van der Waals surface area (Å²) in [5.74, 6) is 0.171. The van der Waals surface area contributed by atoms with Crippen LogP contribution in [0.4, 0.5) is 5.69 Å². The average molecular weight is 421 g/mol. The van der Waals surface area contributed by atoms with E-state index in [1.54, 1.807) is 59.7 Å². The molecule has 0 aliphatic heterocycles. The van der Waals surface area contributed by atoms with Gasteiger partial charge in [-0.3, -0.25) is 9.59 Å². The number of carbonyl (C=O) groups is 2. The van der Waals surface area contributed by atoms with E-state index in [-0.39, 0.29) is 24.2 Å². The molecule has 0 atom stereocenters. The molecule has 0 aliphatic rings. The molecule has 0 saturated heterocycles. The summed E-state index contributed by atoms with van der Waals surface area (Å²) in [7, 11) is 1.72. The Hall–Kier alpha value is -3.65. The number of ether oxygens (including phenoxy) is 1. The highest BCUT2D eigenvalue weighted by molar-refractivity contribution is 7.18. The van der Waals surface area contributed by atoms with Gasteiger partial charge in [0.25, 0.3) is 11.8 Å². The first kappa shape index (κ1) is 19.7. The normalized spacial score (nSPS) is 10.7. The van der Waals surface area contributed by atoms with Crippen LogP contribution in [-0.2, 0) is 11.3 Å². The number of nitrogens with zero attached hydrogens (tertiary/aromatic N) is 2. The second-order valence-electron chi connectivity index (χ2n) is 6.57. The maximum absolute atomic E-state index is 12.4. The van der Waals surface area contributed by atoms with E-state index in [4.69, 9.17) is 9.15 Å². The number of furan rings is 1. The minimum absolute atomic E-state index is 0.114. The zero-order valence-corrected chi connectivity index (χ0v) is 17.0. The Labute approximate surface area is 176 Å². The minimum Gasteiger partial charge on any atom is -0.484 e. The van der Waals surface area contributed by atoms with Crippen molar-refractivity contribution in [1.82, 2.24) is 9.88 Å². The standard InChI is InChI=1S/C22H19N3O4S/c1-25(13-20-24-17-8-2-3-10-19(17)30-20)21(26)14-29-16-7-4-6-15(12-16)23-22(27)18-9-5-11-28-18/h2-12H,13-14H2,1H3,(H,23,27). The third-order valence-corrected chi connectivity index (χ3v) is 5.36. The zero-order chi connectivity index (χ0) is 20.9. The van der Waals surface area contributed by atoms with Crippen LogP contribution in [0.5, 0.6) is 5.75 Å². The molecule has 0 radical (unpaired) electrons. The number of likely N-dealkylation sites (N-methyl/N-ethyl adjacent to an activating group) is 1. The summed E-state index contributed by atoms with van der Waals surface area (Å²) in [6.07, 6.45) is 1.44. The van der Waals surface area contributed by atoms with Crippen molar-refractivity contribution in [1.29, 1.82) is 0 Å². The van der Waals surface area contributed by atoms with Gasteiger partial charge in [-0.2, -0.15) is 0 Å². The monoisotopic (exact) mass is 421 g/mol. The summed E-state index contributed by atoms with van der Waals surface area (Å²) >= 11 is 1.57. The molecular weight excluding hydrogens is 402 g/mol. The predicted molar refractivity (Wildman–Crippen MR) is 115 cm³/mol. The van der Waals surface area contributed by atoms with Gasteiger partial charge in [0.1, 0.15) is 10.8 Å². The third-order valence-electron chi connectivity index (χ3n) is 4.34. The van der Waals surface area contributed by atoms with Crippen molar-refractivity contribution in [3.8, 4) is 5.75 Å². The lowest BCUT2D eigenvalue weighted by Gasteiger charge is -2.16. The van der Waals surface area contributed by atoms with Gasteiger partial charge in [-0.25, -0.2) is 4.98 Å². The van der Waals surface area contributed by atoms with Gasteiger partial charge in [0, 0.05) is 18.8 Å². The molecule has 2 aromatic heterocycles. The van der Waals surface area contributed by atoms with Crippen LogP contribution >= 0.6 is 11.3 Å². The third kappa shape index (κ3) is 4.66. The Morgan fingerprint density at radius 1 is 1.13 bits per heavy atom. The van der Waals surface area contributed by atoms with Crippen LogP contribution in [0.1, 0.15) is 15.6 Å². The number of amides is 2. The number of rotatable bonds is 7. The summed E-state index contributed by atoms with van der Waals surface area (Å²) in [6.45, 7) is 0.303. The summed E-state index contributed by atoms with van der Waals surface area (Å²) < 4.78 is 11.8. The topological polar surface area (TPSA) is 84.7 Å². The van der Waals surface area contributed by atoms with Gasteiger partial charge in [0.2, 0.25) is 0 Å². The molecule has 30 heavy (non-hydrogen) atoms. The van der Waals surface area contributed by atoms with Gasteiger partial charge >= 0.3 is 0 Å². The highest BCUT2D eigenvalue weighted by Crippen LogP contribution is 2.22. The molecule has 0 unspecified atom stereocenters. The molecule has 2 aromatic carbocycles. The fraction of sp³-hybridized carbons (Fsp3) is 0.136. The molecule has 4 aromatic rings. The lowest BCUT2D eigenvalue weighted by Crippen LogP contribution is -2.30. The number of hydrogen-bond acceptors (Lipinski definition) is 6. The van der Waals surface area contributed by atoms with E-state index >= 15 is 0 Å². The van der Waals surface area contributed by atoms with Crippen LogP contribution in [0.3, 0.4) is 0 Å². The molecule has 0 bridgehead atoms. The number of hydrogen-bond donors (Lipinski definition) is 1. The molecule has 0 aliphatic carbocycles. The van der Waals surface area contributed by atoms with E-state index in [9.17, 15) is 9.59 Å². The van der Waals surface area contributed by atoms with Crippen LogP contribution in [0.25, 0.3) is 10.2 Å². The first-order chi connectivity index (χ1) is 14.6. The fourth-order valence-corrected chi connectivity index (χ4v) is 3.82. The Balaban J connectivity index is 1.32. The summed E-state index contributed by atoms with van der Waals surface area (Å²) in [5.41, 5.74) is 1.48. The minimum atomic E-state index is -0.358. The molecule has 1 N–H and O–H groups in total. The van der Waals surface area contributed by atoms with E-state index in [0.717, 1.165) is 15.2 Å². The molecule has 152 valence electrons. The second kappa shape index (κ2) is 8.79. The van der Waals surface area contributed by atoms with E-state index in [2.05, 4.69) is 10.3 Å². The van der Waals surface area contributed by atoms with E-state index in [1.165, 1.54) is 6.26 Å². The van der Waals surface area contributed by atoms with Crippen molar-refractivity contribution in [2.45, 2.75) is 6.54 Å². The van der Waals surface area contributed by atoms with Crippen LogP contribution in [-0.4, -0.2) is 35.4 Å². The Morgan fingerprint density at radius 2 is 2.00 bits per heavy atom. The second-order valence-corrected chi connectivity index (χ2v) is 7.69. The van der Waals surface area contributed by atoms with Crippen LogP contribution in [0.2, 0.25) is 0 Å². The Kier molecular flexibility index (Phi) is 5.76. The smallest absolute Gasteiger partial charge is 0.291 e. The van der Waals surface area contributed by atoms with Gasteiger partial charge in [-0.15, -0.1) is 11.3 Å². The average Bonchev–Trinajstić information content (AvgIpc) is 3.41. The highest BCUT2D eigenvalue weighted by Gasteiger charge is 2.14. The summed E-state index contributed by atoms with van der Waals surface area (Å²) in [6, 6.07) is 18.0. The SMILES string of the molecule is CN(Cc1nc2ccccc2s1)C(=O)COc1cccc(NC(=O)c2ccco2)c1. The Bertz CT molecular complexity index is 1140. The fourth-order valence-electron chi connectivity index (χ4n) is 2.80. The number of thiazole rings is 1. The molecular formula is C22H19N3O4S. The van der Waals surface area contributed by atoms with E-state index in [1.807, 2.05) is 24.3 Å². The van der Waals surface area contributed by atoms with Crippen molar-refractivity contribution in [3.05, 3.63) is 77.7 Å². The van der Waals surface area contributed by atoms with Crippen LogP contribution in [0.15, 0.2) is 71.3 Å². The van der Waals surface area contributed by atoms with Crippen molar-refractivity contribution >= 4 is 39.1 Å². The lowest BCUT2D eigenvalue weighted by atomic mass is 10.3. The van der Waals surface area contributed by atoms with E-state index in [0.29, 0.717) is 18.0 Å². The van der Waals surface area contributed by atoms with Crippen molar-refractivity contribution in [2.24, 2.45) is 0 Å². The van der Waals surface area contributed by atoms with Crippen LogP contribution < -0.4 is 10.1 Å². The Morgan fingerprint density at radius 3 is 2.80 bits per heavy atom. The molecule has 2 heterocycles. The summed E-state index contributed by atoms with van der Waals surface area (Å²) in [5, 5.41) is 3.60. The highest BCUT2D eigenvalue weighted by atomic mass is 32.1. The first-order valence-corrected chi connectivity index (χ1v) is 10.1. The molecule has 4 rings (SSSR count). The summed E-state index contributed by atoms with van der Waals surface area (Å²) in [4.78, 5) is 30.7. The largest absolute Gasteiger partial charge is 0.484 e. The number of benzene rings is 2. The molecule has 0 spiro atoms. The lowest BCUT2D eigenvalue weighted by molar-refractivity contribution is -0.132. The number of nitrogens with one attached hydrogen (secondary N) is 1. The quantitative estimate of drug-likeness (QED) is 0.484. The number of para-hydroxylation sites is 1. The van der Waals surface area contributed by atoms with Gasteiger partial charge < -0.3 is 19.4 Å². The van der Waals surface area contributed by atoms with Gasteiger partial charge in [-0.05, 0) is 36.4 Å². The van der Waals surface area contributed by atoms with Gasteiger partial charge in [0.05, 0.1) is 23.0 Å². The van der Waals surface area contributed by atoms with Crippen molar-refractivity contribution < 1.29 is 18.7 Å². The van der Waals surface area contributed by atoms with Gasteiger partial charge in [0.15, 0.2) is 12.4 Å². The van der Waals surface area contributed by atoms with Crippen LogP contribution in [0, 0.1) is 0 Å². The molecule has 0 fully saturated rings. The molecule has 8 heteroatoms. The molecule has 7 nitrogen and oxygen atoms in total. The predicted octanol–water partition coefficient (Wildman–Crippen LogP) is 4.18.